The number of fused-ring (bicyclic) bond motifs is 6. The van der Waals surface area contributed by atoms with E-state index in [0.717, 1.165) is 22.9 Å². The van der Waals surface area contributed by atoms with Gasteiger partial charge in [-0.05, 0) is 36.1 Å². The summed E-state index contributed by atoms with van der Waals surface area (Å²) < 4.78 is 39.1. The second kappa shape index (κ2) is 7.46. The standard InChI is InChI=1S/C25H19F3N4O3/c26-25(27,28)15-7-4-8-16(11-15)29-23(34)30-13-17-12-20(30)21-22(33)32(24(35)31(17)21)19-10-3-6-14-5-1-2-9-18(14)19/h1-11,17,20-21H,12-13H2,(H,29,34)/t17-,20?,21-/m1/s1. The fourth-order valence-corrected chi connectivity index (χ4v) is 5.48. The van der Waals surface area contributed by atoms with E-state index in [4.69, 9.17) is 0 Å². The highest BCUT2D eigenvalue weighted by Crippen LogP contribution is 2.43. The summed E-state index contributed by atoms with van der Waals surface area (Å²) in [6.45, 7) is 0.203. The third-order valence-electron chi connectivity index (χ3n) is 6.97. The van der Waals surface area contributed by atoms with Crippen LogP contribution in [0.15, 0.2) is 66.7 Å². The summed E-state index contributed by atoms with van der Waals surface area (Å²) in [6.07, 6.45) is -4.09. The Hall–Kier alpha value is -4.08. The lowest BCUT2D eigenvalue weighted by Crippen LogP contribution is -2.55. The van der Waals surface area contributed by atoms with Crippen molar-refractivity contribution in [3.05, 3.63) is 72.3 Å². The molecule has 0 radical (unpaired) electrons. The molecule has 10 heteroatoms. The van der Waals surface area contributed by atoms with Gasteiger partial charge in [0, 0.05) is 17.6 Å². The number of hydrogen-bond donors (Lipinski definition) is 1. The highest BCUT2D eigenvalue weighted by atomic mass is 19.4. The molecule has 0 spiro atoms. The number of rotatable bonds is 2. The van der Waals surface area contributed by atoms with Crippen molar-refractivity contribution < 1.29 is 27.6 Å². The Morgan fingerprint density at radius 1 is 0.971 bits per heavy atom. The number of urea groups is 2. The third kappa shape index (κ3) is 3.23. The van der Waals surface area contributed by atoms with Gasteiger partial charge in [0.1, 0.15) is 6.04 Å². The number of nitrogens with zero attached hydrogens (tertiary/aromatic N) is 3. The molecule has 3 saturated heterocycles. The molecule has 3 atom stereocenters. The van der Waals surface area contributed by atoms with E-state index in [2.05, 4.69) is 5.32 Å². The fourth-order valence-electron chi connectivity index (χ4n) is 5.48. The van der Waals surface area contributed by atoms with E-state index in [1.54, 1.807) is 17.0 Å². The number of nitrogens with one attached hydrogen (secondary N) is 1. The van der Waals surface area contributed by atoms with Crippen LogP contribution in [-0.4, -0.2) is 52.4 Å². The predicted octanol–water partition coefficient (Wildman–Crippen LogP) is 4.68. The largest absolute Gasteiger partial charge is 0.416 e. The van der Waals surface area contributed by atoms with Crippen LogP contribution in [0.3, 0.4) is 0 Å². The number of imide groups is 1. The summed E-state index contributed by atoms with van der Waals surface area (Å²) in [5, 5.41) is 4.17. The predicted molar refractivity (Wildman–Crippen MR) is 122 cm³/mol. The number of carbonyl (C=O) groups is 3. The molecule has 0 aromatic heterocycles. The molecule has 5 amide bonds. The van der Waals surface area contributed by atoms with E-state index >= 15 is 0 Å². The Morgan fingerprint density at radius 3 is 2.51 bits per heavy atom. The number of anilines is 2. The zero-order valence-corrected chi connectivity index (χ0v) is 18.2. The first-order valence-electron chi connectivity index (χ1n) is 11.1. The van der Waals surface area contributed by atoms with Crippen LogP contribution in [0.2, 0.25) is 0 Å². The molecule has 0 saturated carbocycles. The number of benzene rings is 3. The van der Waals surface area contributed by atoms with Crippen molar-refractivity contribution >= 4 is 40.1 Å². The Balaban J connectivity index is 1.26. The molecule has 3 aromatic carbocycles. The number of alkyl halides is 3. The molecule has 3 fully saturated rings. The molecule has 1 unspecified atom stereocenters. The van der Waals surface area contributed by atoms with Gasteiger partial charge in [0.15, 0.2) is 0 Å². The van der Waals surface area contributed by atoms with Gasteiger partial charge in [-0.1, -0.05) is 42.5 Å². The van der Waals surface area contributed by atoms with Gasteiger partial charge in [0.05, 0.1) is 23.3 Å². The zero-order chi connectivity index (χ0) is 24.5. The minimum absolute atomic E-state index is 0.00987. The molecule has 6 rings (SSSR count). The topological polar surface area (TPSA) is 73.0 Å². The summed E-state index contributed by atoms with van der Waals surface area (Å²) in [4.78, 5) is 44.0. The minimum atomic E-state index is -4.53. The van der Waals surface area contributed by atoms with E-state index in [1.807, 2.05) is 30.3 Å². The molecule has 3 aliphatic heterocycles. The van der Waals surface area contributed by atoms with Gasteiger partial charge in [-0.25, -0.2) is 14.5 Å². The molecule has 2 bridgehead atoms. The highest BCUT2D eigenvalue weighted by Gasteiger charge is 2.63. The molecule has 3 heterocycles. The normalized spacial score (nSPS) is 23.4. The van der Waals surface area contributed by atoms with E-state index in [-0.39, 0.29) is 18.3 Å². The van der Waals surface area contributed by atoms with Gasteiger partial charge in [-0.3, -0.25) is 4.79 Å². The first-order valence-corrected chi connectivity index (χ1v) is 11.1. The molecule has 1 N–H and O–H groups in total. The third-order valence-corrected chi connectivity index (χ3v) is 6.97. The number of carbonyl (C=O) groups excluding carboxylic acids is 3. The van der Waals surface area contributed by atoms with Gasteiger partial charge in [-0.15, -0.1) is 0 Å². The lowest BCUT2D eigenvalue weighted by atomic mass is 10.1. The van der Waals surface area contributed by atoms with Crippen molar-refractivity contribution in [3.8, 4) is 0 Å². The monoisotopic (exact) mass is 480 g/mol. The Morgan fingerprint density at radius 2 is 1.71 bits per heavy atom. The fraction of sp³-hybridized carbons (Fsp3) is 0.240. The van der Waals surface area contributed by atoms with Crippen LogP contribution in [0.25, 0.3) is 10.8 Å². The number of amides is 5. The second-order valence-electron chi connectivity index (χ2n) is 8.92. The maximum absolute atomic E-state index is 13.5. The van der Waals surface area contributed by atoms with Gasteiger partial charge in [0.25, 0.3) is 5.91 Å². The summed E-state index contributed by atoms with van der Waals surface area (Å²) >= 11 is 0. The van der Waals surface area contributed by atoms with Crippen LogP contribution in [0.5, 0.6) is 0 Å². The molecule has 3 aromatic rings. The molecule has 3 aliphatic rings. The molecular formula is C25H19F3N4O3. The van der Waals surface area contributed by atoms with Crippen LogP contribution in [0, 0.1) is 0 Å². The summed E-state index contributed by atoms with van der Waals surface area (Å²) in [6, 6.07) is 14.5. The molecule has 35 heavy (non-hydrogen) atoms. The van der Waals surface area contributed by atoms with Gasteiger partial charge in [-0.2, -0.15) is 13.2 Å². The van der Waals surface area contributed by atoms with E-state index in [0.29, 0.717) is 12.1 Å². The highest BCUT2D eigenvalue weighted by molar-refractivity contribution is 6.25. The average molecular weight is 480 g/mol. The maximum Gasteiger partial charge on any atom is 0.416 e. The Kier molecular flexibility index (Phi) is 4.57. The number of hydrogen-bond acceptors (Lipinski definition) is 3. The van der Waals surface area contributed by atoms with Crippen molar-refractivity contribution in [2.75, 3.05) is 16.8 Å². The van der Waals surface area contributed by atoms with Crippen LogP contribution in [0.1, 0.15) is 12.0 Å². The lowest BCUT2D eigenvalue weighted by molar-refractivity contribution is -0.137. The summed E-state index contributed by atoms with van der Waals surface area (Å²) in [5.74, 6) is -0.407. The van der Waals surface area contributed by atoms with Crippen LogP contribution < -0.4 is 10.2 Å². The second-order valence-corrected chi connectivity index (χ2v) is 8.92. The van der Waals surface area contributed by atoms with Gasteiger partial charge >= 0.3 is 18.2 Å². The molecule has 178 valence electrons. The summed E-state index contributed by atoms with van der Waals surface area (Å²) in [7, 11) is 0. The SMILES string of the molecule is O=C1[C@H]2C3C[C@H](CN3C(=O)Nc3cccc(C(F)(F)F)c3)N2C(=O)N1c1cccc2ccccc12. The van der Waals surface area contributed by atoms with E-state index < -0.39 is 41.8 Å². The zero-order valence-electron chi connectivity index (χ0n) is 18.2. The molecule has 7 nitrogen and oxygen atoms in total. The van der Waals surface area contributed by atoms with E-state index in [9.17, 15) is 27.6 Å². The minimum Gasteiger partial charge on any atom is -0.317 e. The van der Waals surface area contributed by atoms with Crippen LogP contribution >= 0.6 is 0 Å². The van der Waals surface area contributed by atoms with Gasteiger partial charge in [0.2, 0.25) is 0 Å². The van der Waals surface area contributed by atoms with Crippen LogP contribution in [-0.2, 0) is 11.0 Å². The van der Waals surface area contributed by atoms with Crippen molar-refractivity contribution in [1.29, 1.82) is 0 Å². The molecular weight excluding hydrogens is 461 g/mol. The first-order chi connectivity index (χ1) is 16.7. The Labute approximate surface area is 197 Å². The number of piperazine rings is 1. The number of likely N-dealkylation sites (tertiary alicyclic amines) is 1. The van der Waals surface area contributed by atoms with Gasteiger partial charge < -0.3 is 15.1 Å². The quantitative estimate of drug-likeness (QED) is 0.542. The van der Waals surface area contributed by atoms with Crippen molar-refractivity contribution in [3.63, 3.8) is 0 Å². The average Bonchev–Trinajstić information content (AvgIpc) is 3.50. The summed E-state index contributed by atoms with van der Waals surface area (Å²) in [5.41, 5.74) is -0.366. The Bertz CT molecular complexity index is 1390. The van der Waals surface area contributed by atoms with E-state index in [1.165, 1.54) is 21.9 Å². The smallest absolute Gasteiger partial charge is 0.317 e. The lowest BCUT2D eigenvalue weighted by Gasteiger charge is -2.34. The maximum atomic E-state index is 13.5. The van der Waals surface area contributed by atoms with Crippen molar-refractivity contribution in [2.45, 2.75) is 30.7 Å². The van der Waals surface area contributed by atoms with Crippen LogP contribution in [0.4, 0.5) is 34.1 Å². The molecule has 0 aliphatic carbocycles. The van der Waals surface area contributed by atoms with Crippen molar-refractivity contribution in [1.82, 2.24) is 9.80 Å². The number of halogens is 3. The first kappa shape index (κ1) is 21.5. The van der Waals surface area contributed by atoms with Crippen molar-refractivity contribution in [2.24, 2.45) is 0 Å².